The number of rotatable bonds is 5. The molecule has 6 heteroatoms. The number of nitrogens with one attached hydrogen (secondary N) is 2. The Bertz CT molecular complexity index is 1070. The number of ether oxygens (including phenoxy) is 1. The van der Waals surface area contributed by atoms with Crippen LogP contribution in [0.3, 0.4) is 0 Å². The number of carbonyl (C=O) groups is 1. The van der Waals surface area contributed by atoms with Gasteiger partial charge in [0, 0.05) is 22.6 Å². The normalized spacial score (nSPS) is 10.8. The third kappa shape index (κ3) is 4.14. The van der Waals surface area contributed by atoms with Crippen molar-refractivity contribution < 1.29 is 9.53 Å². The molecule has 0 saturated heterocycles. The van der Waals surface area contributed by atoms with Gasteiger partial charge in [0.1, 0.15) is 5.75 Å². The lowest BCUT2D eigenvalue weighted by Crippen LogP contribution is -2.27. The van der Waals surface area contributed by atoms with Crippen molar-refractivity contribution in [1.29, 1.82) is 0 Å². The van der Waals surface area contributed by atoms with Gasteiger partial charge in [-0.25, -0.2) is 0 Å². The topological polar surface area (TPSA) is 71.2 Å². The number of pyridine rings is 1. The van der Waals surface area contributed by atoms with Crippen molar-refractivity contribution >= 4 is 28.4 Å². The summed E-state index contributed by atoms with van der Waals surface area (Å²) in [4.78, 5) is 27.6. The van der Waals surface area contributed by atoms with E-state index < -0.39 is 0 Å². The first-order valence-corrected chi connectivity index (χ1v) is 9.01. The molecular weight excluding hydrogens is 364 g/mol. The summed E-state index contributed by atoms with van der Waals surface area (Å²) >= 11 is 5.97. The van der Waals surface area contributed by atoms with Gasteiger partial charge in [-0.1, -0.05) is 11.6 Å². The molecule has 1 aromatic heterocycles. The maximum Gasteiger partial charge on any atom is 0.255 e. The highest BCUT2D eigenvalue weighted by Gasteiger charge is 2.13. The lowest BCUT2D eigenvalue weighted by molar-refractivity contribution is 0.0951. The molecule has 0 radical (unpaired) electrons. The lowest BCUT2D eigenvalue weighted by Gasteiger charge is -2.10. The van der Waals surface area contributed by atoms with Crippen LogP contribution in [-0.4, -0.2) is 24.5 Å². The second-order valence-electron chi connectivity index (χ2n) is 6.50. The van der Waals surface area contributed by atoms with Gasteiger partial charge in [0.05, 0.1) is 12.7 Å². The number of hydrogen-bond acceptors (Lipinski definition) is 3. The smallest absolute Gasteiger partial charge is 0.255 e. The first-order chi connectivity index (χ1) is 12.9. The van der Waals surface area contributed by atoms with E-state index in [4.69, 9.17) is 16.3 Å². The molecule has 0 aliphatic rings. The van der Waals surface area contributed by atoms with Crippen molar-refractivity contribution in [2.75, 3.05) is 13.7 Å². The van der Waals surface area contributed by atoms with E-state index in [0.717, 1.165) is 16.5 Å². The van der Waals surface area contributed by atoms with Crippen LogP contribution in [0.15, 0.2) is 41.2 Å². The number of methoxy groups -OCH3 is 1. The zero-order valence-electron chi connectivity index (χ0n) is 15.5. The molecule has 0 fully saturated rings. The minimum atomic E-state index is -0.293. The molecule has 2 aromatic carbocycles. The van der Waals surface area contributed by atoms with Crippen LogP contribution in [0.1, 0.15) is 27.0 Å². The maximum atomic E-state index is 12.4. The van der Waals surface area contributed by atoms with Gasteiger partial charge >= 0.3 is 0 Å². The number of aromatic amines is 1. The Hall–Kier alpha value is -2.79. The molecule has 1 heterocycles. The fourth-order valence-corrected chi connectivity index (χ4v) is 3.14. The summed E-state index contributed by atoms with van der Waals surface area (Å²) in [5, 5.41) is 4.25. The van der Waals surface area contributed by atoms with Gasteiger partial charge in [0.2, 0.25) is 0 Å². The van der Waals surface area contributed by atoms with Crippen LogP contribution in [0.25, 0.3) is 10.9 Å². The van der Waals surface area contributed by atoms with Crippen LogP contribution >= 0.6 is 11.6 Å². The zero-order valence-corrected chi connectivity index (χ0v) is 16.2. The third-order valence-corrected chi connectivity index (χ3v) is 4.86. The van der Waals surface area contributed by atoms with Crippen LogP contribution in [0.4, 0.5) is 0 Å². The van der Waals surface area contributed by atoms with Gasteiger partial charge < -0.3 is 15.0 Å². The molecule has 0 unspecified atom stereocenters. The monoisotopic (exact) mass is 384 g/mol. The highest BCUT2D eigenvalue weighted by molar-refractivity contribution is 6.31. The van der Waals surface area contributed by atoms with E-state index in [9.17, 15) is 9.59 Å². The fourth-order valence-electron chi connectivity index (χ4n) is 2.97. The molecule has 0 atom stereocenters. The average molecular weight is 385 g/mol. The first kappa shape index (κ1) is 19.0. The number of aromatic nitrogens is 1. The van der Waals surface area contributed by atoms with Gasteiger partial charge in [-0.3, -0.25) is 9.59 Å². The molecule has 0 saturated carbocycles. The van der Waals surface area contributed by atoms with Crippen molar-refractivity contribution in [2.45, 2.75) is 20.3 Å². The van der Waals surface area contributed by atoms with E-state index in [1.165, 1.54) is 12.7 Å². The Labute approximate surface area is 162 Å². The van der Waals surface area contributed by atoms with Crippen molar-refractivity contribution in [1.82, 2.24) is 10.3 Å². The Morgan fingerprint density at radius 2 is 1.89 bits per heavy atom. The Morgan fingerprint density at radius 1 is 1.15 bits per heavy atom. The van der Waals surface area contributed by atoms with Gasteiger partial charge in [0.25, 0.3) is 11.5 Å². The third-order valence-electron chi connectivity index (χ3n) is 4.62. The molecule has 27 heavy (non-hydrogen) atoms. The standard InChI is InChI=1S/C21H21ClN2O3/c1-12-8-15-10-14(20(25)24-18(15)9-13(12)2)6-7-23-21(26)17-11-16(22)4-5-19(17)27-3/h4-5,8-11H,6-7H2,1-3H3,(H,23,26)(H,24,25). The van der Waals surface area contributed by atoms with Crippen LogP contribution in [0, 0.1) is 13.8 Å². The summed E-state index contributed by atoms with van der Waals surface area (Å²) in [6.07, 6.45) is 0.423. The number of benzene rings is 2. The fraction of sp³-hybridized carbons (Fsp3) is 0.238. The summed E-state index contributed by atoms with van der Waals surface area (Å²) in [7, 11) is 1.50. The zero-order chi connectivity index (χ0) is 19.6. The van der Waals surface area contributed by atoms with Crippen LogP contribution < -0.4 is 15.6 Å². The molecule has 3 rings (SSSR count). The van der Waals surface area contributed by atoms with Crippen molar-refractivity contribution in [3.05, 3.63) is 74.0 Å². The molecule has 140 valence electrons. The average Bonchev–Trinajstić information content (AvgIpc) is 2.63. The molecule has 0 aliphatic carbocycles. The van der Waals surface area contributed by atoms with Gasteiger partial charge in [-0.2, -0.15) is 0 Å². The molecule has 1 amide bonds. The number of carbonyl (C=O) groups excluding carboxylic acids is 1. The molecule has 0 spiro atoms. The van der Waals surface area contributed by atoms with E-state index >= 15 is 0 Å². The van der Waals surface area contributed by atoms with Crippen LogP contribution in [0.2, 0.25) is 5.02 Å². The highest BCUT2D eigenvalue weighted by Crippen LogP contribution is 2.22. The second kappa shape index (κ2) is 7.84. The van der Waals surface area contributed by atoms with Crippen molar-refractivity contribution in [3.63, 3.8) is 0 Å². The molecular formula is C21H21ClN2O3. The number of hydrogen-bond donors (Lipinski definition) is 2. The number of H-pyrrole nitrogens is 1. The van der Waals surface area contributed by atoms with E-state index in [0.29, 0.717) is 34.9 Å². The number of fused-ring (bicyclic) bond motifs is 1. The molecule has 3 aromatic rings. The van der Waals surface area contributed by atoms with E-state index in [-0.39, 0.29) is 11.5 Å². The minimum absolute atomic E-state index is 0.139. The SMILES string of the molecule is COc1ccc(Cl)cc1C(=O)NCCc1cc2cc(C)c(C)cc2[nH]c1=O. The van der Waals surface area contributed by atoms with E-state index in [1.807, 2.05) is 26.0 Å². The lowest BCUT2D eigenvalue weighted by atomic mass is 10.0. The molecule has 2 N–H and O–H groups in total. The predicted molar refractivity (Wildman–Crippen MR) is 108 cm³/mol. The molecule has 5 nitrogen and oxygen atoms in total. The first-order valence-electron chi connectivity index (χ1n) is 8.64. The molecule has 0 aliphatic heterocycles. The summed E-state index contributed by atoms with van der Waals surface area (Å²) in [5.74, 6) is 0.157. The van der Waals surface area contributed by atoms with Crippen molar-refractivity contribution in [3.8, 4) is 5.75 Å². The number of aryl methyl sites for hydroxylation is 2. The van der Waals surface area contributed by atoms with Gasteiger partial charge in [0.15, 0.2) is 0 Å². The Kier molecular flexibility index (Phi) is 5.51. The van der Waals surface area contributed by atoms with Gasteiger partial charge in [-0.05, 0) is 73.2 Å². The van der Waals surface area contributed by atoms with E-state index in [1.54, 1.807) is 18.2 Å². The largest absolute Gasteiger partial charge is 0.496 e. The van der Waals surface area contributed by atoms with E-state index in [2.05, 4.69) is 16.4 Å². The number of amides is 1. The number of halogens is 1. The Balaban J connectivity index is 1.75. The summed E-state index contributed by atoms with van der Waals surface area (Å²) in [5.41, 5.74) is 3.98. The van der Waals surface area contributed by atoms with Gasteiger partial charge in [-0.15, -0.1) is 0 Å². The predicted octanol–water partition coefficient (Wildman–Crippen LogP) is 3.78. The second-order valence-corrected chi connectivity index (χ2v) is 6.93. The Morgan fingerprint density at radius 3 is 2.63 bits per heavy atom. The quantitative estimate of drug-likeness (QED) is 0.703. The highest BCUT2D eigenvalue weighted by atomic mass is 35.5. The molecule has 0 bridgehead atoms. The van der Waals surface area contributed by atoms with Crippen molar-refractivity contribution in [2.24, 2.45) is 0 Å². The van der Waals surface area contributed by atoms with Crippen LogP contribution in [0.5, 0.6) is 5.75 Å². The maximum absolute atomic E-state index is 12.4. The minimum Gasteiger partial charge on any atom is -0.496 e. The summed E-state index contributed by atoms with van der Waals surface area (Å²) in [6, 6.07) is 10.8. The summed E-state index contributed by atoms with van der Waals surface area (Å²) < 4.78 is 5.20. The summed E-state index contributed by atoms with van der Waals surface area (Å²) in [6.45, 7) is 4.38. The van der Waals surface area contributed by atoms with Crippen LogP contribution in [-0.2, 0) is 6.42 Å².